The summed E-state index contributed by atoms with van der Waals surface area (Å²) >= 11 is 0. The highest BCUT2D eigenvalue weighted by atomic mass is 16.5. The summed E-state index contributed by atoms with van der Waals surface area (Å²) in [5, 5.41) is 13.7. The molecule has 0 radical (unpaired) electrons. The molecule has 120 valence electrons. The summed E-state index contributed by atoms with van der Waals surface area (Å²) < 4.78 is 4.68. The van der Waals surface area contributed by atoms with E-state index in [1.54, 1.807) is 0 Å². The molecule has 1 rings (SSSR count). The average Bonchev–Trinajstić information content (AvgIpc) is 2.96. The van der Waals surface area contributed by atoms with Crippen LogP contribution in [0, 0.1) is 5.92 Å². The van der Waals surface area contributed by atoms with Crippen molar-refractivity contribution in [3.8, 4) is 0 Å². The fourth-order valence-corrected chi connectivity index (χ4v) is 2.44. The van der Waals surface area contributed by atoms with Crippen LogP contribution in [0.25, 0.3) is 0 Å². The topological polar surface area (TPSA) is 105 Å². The number of aliphatic carboxylic acids is 1. The molecule has 1 atom stereocenters. The third-order valence-electron chi connectivity index (χ3n) is 3.75. The van der Waals surface area contributed by atoms with Gasteiger partial charge in [-0.25, -0.2) is 4.79 Å². The number of ether oxygens (including phenoxy) is 1. The lowest BCUT2D eigenvalue weighted by atomic mass is 10.0. The Kier molecular flexibility index (Phi) is 7.74. The molecule has 1 unspecified atom stereocenters. The molecule has 1 aliphatic rings. The molecule has 7 nitrogen and oxygen atoms in total. The number of hydrogen-bond acceptors (Lipinski definition) is 4. The first-order chi connectivity index (χ1) is 10.0. The Bertz CT molecular complexity index is 366. The number of carbonyl (C=O) groups is 3. The molecule has 0 aliphatic heterocycles. The molecular formula is C14H24N2O5. The van der Waals surface area contributed by atoms with Gasteiger partial charge in [0.2, 0.25) is 11.8 Å². The van der Waals surface area contributed by atoms with Crippen LogP contribution in [0.1, 0.15) is 38.5 Å². The van der Waals surface area contributed by atoms with Gasteiger partial charge in [0.15, 0.2) is 6.10 Å². The standard InChI is InChI=1S/C14H24N2O5/c1-21-11(14(19)20)8-15-13(18)9-16-12(17)7-6-10-4-2-3-5-10/h10-11H,2-9H2,1H3,(H,15,18)(H,16,17)(H,19,20). The van der Waals surface area contributed by atoms with Crippen LogP contribution < -0.4 is 10.6 Å². The molecule has 0 aromatic rings. The lowest BCUT2D eigenvalue weighted by molar-refractivity contribution is -0.148. The molecule has 1 aliphatic carbocycles. The van der Waals surface area contributed by atoms with Gasteiger partial charge in [-0.3, -0.25) is 9.59 Å². The number of carboxylic acid groups (broad SMARTS) is 1. The summed E-state index contributed by atoms with van der Waals surface area (Å²) in [6, 6.07) is 0. The number of methoxy groups -OCH3 is 1. The molecule has 2 amide bonds. The highest BCUT2D eigenvalue weighted by Crippen LogP contribution is 2.28. The van der Waals surface area contributed by atoms with E-state index in [1.807, 2.05) is 0 Å². The maximum atomic E-state index is 11.6. The van der Waals surface area contributed by atoms with Crippen LogP contribution in [0.4, 0.5) is 0 Å². The largest absolute Gasteiger partial charge is 0.479 e. The summed E-state index contributed by atoms with van der Waals surface area (Å²) in [5.41, 5.74) is 0. The van der Waals surface area contributed by atoms with Crippen LogP contribution in [-0.2, 0) is 19.1 Å². The molecule has 1 saturated carbocycles. The summed E-state index contributed by atoms with van der Waals surface area (Å²) in [4.78, 5) is 33.7. The maximum absolute atomic E-state index is 11.6. The van der Waals surface area contributed by atoms with Gasteiger partial charge in [-0.2, -0.15) is 0 Å². The molecule has 21 heavy (non-hydrogen) atoms. The van der Waals surface area contributed by atoms with Gasteiger partial charge in [0.05, 0.1) is 13.1 Å². The number of amides is 2. The van der Waals surface area contributed by atoms with Crippen molar-refractivity contribution in [2.75, 3.05) is 20.2 Å². The fourth-order valence-electron chi connectivity index (χ4n) is 2.44. The first kappa shape index (κ1) is 17.4. The fraction of sp³-hybridized carbons (Fsp3) is 0.786. The number of hydrogen-bond donors (Lipinski definition) is 3. The zero-order valence-corrected chi connectivity index (χ0v) is 12.4. The molecule has 0 saturated heterocycles. The lowest BCUT2D eigenvalue weighted by Gasteiger charge is -2.12. The zero-order chi connectivity index (χ0) is 15.7. The molecule has 7 heteroatoms. The Morgan fingerprint density at radius 2 is 1.86 bits per heavy atom. The molecular weight excluding hydrogens is 276 g/mol. The van der Waals surface area contributed by atoms with Crippen LogP contribution in [0.15, 0.2) is 0 Å². The quantitative estimate of drug-likeness (QED) is 0.567. The molecule has 1 fully saturated rings. The van der Waals surface area contributed by atoms with E-state index < -0.39 is 18.0 Å². The van der Waals surface area contributed by atoms with E-state index in [2.05, 4.69) is 15.4 Å². The Labute approximate surface area is 124 Å². The van der Waals surface area contributed by atoms with E-state index in [-0.39, 0.29) is 19.0 Å². The number of rotatable bonds is 9. The highest BCUT2D eigenvalue weighted by Gasteiger charge is 2.18. The van der Waals surface area contributed by atoms with Gasteiger partial charge >= 0.3 is 5.97 Å². The zero-order valence-electron chi connectivity index (χ0n) is 12.4. The molecule has 0 aromatic heterocycles. The second kappa shape index (κ2) is 9.33. The number of nitrogens with one attached hydrogen (secondary N) is 2. The van der Waals surface area contributed by atoms with Crippen molar-refractivity contribution in [3.63, 3.8) is 0 Å². The van der Waals surface area contributed by atoms with Gasteiger partial charge in [0.25, 0.3) is 0 Å². The van der Waals surface area contributed by atoms with E-state index >= 15 is 0 Å². The number of carboxylic acids is 1. The lowest BCUT2D eigenvalue weighted by Crippen LogP contribution is -2.42. The Morgan fingerprint density at radius 1 is 1.19 bits per heavy atom. The molecule has 3 N–H and O–H groups in total. The van der Waals surface area contributed by atoms with Crippen molar-refractivity contribution < 1.29 is 24.2 Å². The van der Waals surface area contributed by atoms with Crippen molar-refractivity contribution in [2.45, 2.75) is 44.6 Å². The van der Waals surface area contributed by atoms with Crippen molar-refractivity contribution in [1.29, 1.82) is 0 Å². The maximum Gasteiger partial charge on any atom is 0.334 e. The Morgan fingerprint density at radius 3 is 2.43 bits per heavy atom. The number of carbonyl (C=O) groups excluding carboxylic acids is 2. The van der Waals surface area contributed by atoms with Crippen molar-refractivity contribution in [2.24, 2.45) is 5.92 Å². The summed E-state index contributed by atoms with van der Waals surface area (Å²) in [6.07, 6.45) is 5.12. The van der Waals surface area contributed by atoms with Gasteiger partial charge in [-0.1, -0.05) is 25.7 Å². The summed E-state index contributed by atoms with van der Waals surface area (Å²) in [7, 11) is 1.26. The van der Waals surface area contributed by atoms with E-state index in [4.69, 9.17) is 5.11 Å². The average molecular weight is 300 g/mol. The van der Waals surface area contributed by atoms with Crippen LogP contribution in [0.2, 0.25) is 0 Å². The van der Waals surface area contributed by atoms with Gasteiger partial charge in [-0.05, 0) is 12.3 Å². The summed E-state index contributed by atoms with van der Waals surface area (Å²) in [6.45, 7) is -0.262. The molecule has 0 spiro atoms. The third kappa shape index (κ3) is 7.08. The predicted octanol–water partition coefficient (Wildman–Crippen LogP) is 0.289. The van der Waals surface area contributed by atoms with E-state index in [9.17, 15) is 14.4 Å². The first-order valence-electron chi connectivity index (χ1n) is 7.32. The first-order valence-corrected chi connectivity index (χ1v) is 7.32. The molecule has 0 aromatic carbocycles. The van der Waals surface area contributed by atoms with Crippen LogP contribution >= 0.6 is 0 Å². The van der Waals surface area contributed by atoms with Crippen molar-refractivity contribution in [3.05, 3.63) is 0 Å². The highest BCUT2D eigenvalue weighted by molar-refractivity contribution is 5.85. The van der Waals surface area contributed by atoms with Crippen molar-refractivity contribution >= 4 is 17.8 Å². The second-order valence-corrected chi connectivity index (χ2v) is 5.33. The summed E-state index contributed by atoms with van der Waals surface area (Å²) in [5.74, 6) is -1.06. The smallest absolute Gasteiger partial charge is 0.334 e. The normalized spacial score (nSPS) is 16.4. The van der Waals surface area contributed by atoms with E-state index in [0.29, 0.717) is 12.3 Å². The Hall–Kier alpha value is -1.63. The van der Waals surface area contributed by atoms with Gasteiger partial charge in [-0.15, -0.1) is 0 Å². The minimum atomic E-state index is -1.14. The van der Waals surface area contributed by atoms with Crippen LogP contribution in [-0.4, -0.2) is 49.2 Å². The van der Waals surface area contributed by atoms with Crippen molar-refractivity contribution in [1.82, 2.24) is 10.6 Å². The minimum Gasteiger partial charge on any atom is -0.479 e. The van der Waals surface area contributed by atoms with Crippen LogP contribution in [0.5, 0.6) is 0 Å². The molecule has 0 heterocycles. The molecule has 0 bridgehead atoms. The van der Waals surface area contributed by atoms with Gasteiger partial charge in [0, 0.05) is 13.5 Å². The Balaban J connectivity index is 2.11. The monoisotopic (exact) mass is 300 g/mol. The second-order valence-electron chi connectivity index (χ2n) is 5.33. The van der Waals surface area contributed by atoms with Crippen LogP contribution in [0.3, 0.4) is 0 Å². The van der Waals surface area contributed by atoms with E-state index in [1.165, 1.54) is 32.8 Å². The SMILES string of the molecule is COC(CNC(=O)CNC(=O)CCC1CCCC1)C(=O)O. The van der Waals surface area contributed by atoms with E-state index in [0.717, 1.165) is 6.42 Å². The predicted molar refractivity (Wildman–Crippen MR) is 75.6 cm³/mol. The third-order valence-corrected chi connectivity index (χ3v) is 3.75. The minimum absolute atomic E-state index is 0.122. The van der Waals surface area contributed by atoms with Gasteiger partial charge < -0.3 is 20.5 Å². The van der Waals surface area contributed by atoms with Gasteiger partial charge in [0.1, 0.15) is 0 Å².